The lowest BCUT2D eigenvalue weighted by Gasteiger charge is -2.06. The lowest BCUT2D eigenvalue weighted by atomic mass is 10.2. The molecule has 0 atom stereocenters. The molecule has 0 aliphatic heterocycles. The molecule has 3 nitrogen and oxygen atoms in total. The van der Waals surface area contributed by atoms with Gasteiger partial charge in [0, 0.05) is 11.9 Å². The first-order chi connectivity index (χ1) is 9.65. The summed E-state index contributed by atoms with van der Waals surface area (Å²) in [7, 11) is 0. The van der Waals surface area contributed by atoms with E-state index in [0.717, 1.165) is 11.1 Å². The highest BCUT2D eigenvalue weighted by molar-refractivity contribution is 7.99. The van der Waals surface area contributed by atoms with Crippen LogP contribution in [0.4, 0.5) is 10.2 Å². The number of benzene rings is 1. The number of carbonyl (C=O) groups excluding carboxylic acids is 1. The maximum atomic E-state index is 12.7. The molecule has 2 aromatic rings. The third-order valence-corrected chi connectivity index (χ3v) is 3.69. The fraction of sp³-hybridized carbons (Fsp3) is 0.200. The molecule has 0 saturated carbocycles. The number of aromatic nitrogens is 1. The van der Waals surface area contributed by atoms with Crippen molar-refractivity contribution >= 4 is 23.5 Å². The lowest BCUT2D eigenvalue weighted by Crippen LogP contribution is -2.15. The van der Waals surface area contributed by atoms with E-state index in [1.54, 1.807) is 18.3 Å². The van der Waals surface area contributed by atoms with E-state index in [1.165, 1.54) is 23.9 Å². The summed E-state index contributed by atoms with van der Waals surface area (Å²) < 4.78 is 12.7. The van der Waals surface area contributed by atoms with Crippen LogP contribution in [0.3, 0.4) is 0 Å². The molecule has 0 radical (unpaired) electrons. The Balaban J connectivity index is 1.78. The average Bonchev–Trinajstić information content (AvgIpc) is 2.44. The topological polar surface area (TPSA) is 42.0 Å². The van der Waals surface area contributed by atoms with E-state index in [9.17, 15) is 9.18 Å². The Morgan fingerprint density at radius 1 is 1.30 bits per heavy atom. The van der Waals surface area contributed by atoms with Gasteiger partial charge in [-0.2, -0.15) is 0 Å². The van der Waals surface area contributed by atoms with Crippen molar-refractivity contribution in [2.45, 2.75) is 12.7 Å². The van der Waals surface area contributed by atoms with Gasteiger partial charge in [-0.1, -0.05) is 18.2 Å². The van der Waals surface area contributed by atoms with Gasteiger partial charge in [-0.25, -0.2) is 9.37 Å². The maximum Gasteiger partial charge on any atom is 0.235 e. The molecule has 1 aromatic carbocycles. The van der Waals surface area contributed by atoms with Gasteiger partial charge in [0.05, 0.1) is 5.75 Å². The van der Waals surface area contributed by atoms with E-state index in [-0.39, 0.29) is 11.7 Å². The summed E-state index contributed by atoms with van der Waals surface area (Å²) in [6.45, 7) is 1.90. The predicted octanol–water partition coefficient (Wildman–Crippen LogP) is 3.40. The molecule has 0 aliphatic rings. The molecule has 1 N–H and O–H groups in total. The number of carbonyl (C=O) groups is 1. The van der Waals surface area contributed by atoms with Crippen LogP contribution in [0.5, 0.6) is 0 Å². The van der Waals surface area contributed by atoms with Crippen molar-refractivity contribution in [3.05, 3.63) is 59.5 Å². The molecule has 0 unspecified atom stereocenters. The molecule has 2 rings (SSSR count). The molecule has 1 aromatic heterocycles. The largest absolute Gasteiger partial charge is 0.310 e. The second-order valence-corrected chi connectivity index (χ2v) is 5.32. The van der Waals surface area contributed by atoms with E-state index in [2.05, 4.69) is 10.3 Å². The average molecular weight is 290 g/mol. The fourth-order valence-electron chi connectivity index (χ4n) is 1.63. The predicted molar refractivity (Wildman–Crippen MR) is 80.2 cm³/mol. The van der Waals surface area contributed by atoms with Crippen LogP contribution in [-0.4, -0.2) is 16.6 Å². The number of amides is 1. The first kappa shape index (κ1) is 14.5. The van der Waals surface area contributed by atoms with E-state index in [4.69, 9.17) is 0 Å². The van der Waals surface area contributed by atoms with Gasteiger partial charge in [0.15, 0.2) is 0 Å². The summed E-state index contributed by atoms with van der Waals surface area (Å²) in [6.07, 6.45) is 1.65. The van der Waals surface area contributed by atoms with E-state index >= 15 is 0 Å². The van der Waals surface area contributed by atoms with Crippen molar-refractivity contribution in [2.75, 3.05) is 11.1 Å². The first-order valence-corrected chi connectivity index (χ1v) is 7.34. The Morgan fingerprint density at radius 3 is 2.75 bits per heavy atom. The zero-order chi connectivity index (χ0) is 14.4. The molecule has 0 aliphatic carbocycles. The number of nitrogens with one attached hydrogen (secondary N) is 1. The fourth-order valence-corrected chi connectivity index (χ4v) is 2.41. The van der Waals surface area contributed by atoms with Crippen molar-refractivity contribution in [3.8, 4) is 0 Å². The lowest BCUT2D eigenvalue weighted by molar-refractivity contribution is -0.113. The summed E-state index contributed by atoms with van der Waals surface area (Å²) in [5.74, 6) is 1.28. The van der Waals surface area contributed by atoms with Crippen LogP contribution >= 0.6 is 11.8 Å². The van der Waals surface area contributed by atoms with E-state index in [0.29, 0.717) is 17.3 Å². The summed E-state index contributed by atoms with van der Waals surface area (Å²) in [5.41, 5.74) is 1.93. The molecule has 5 heteroatoms. The Morgan fingerprint density at radius 2 is 2.05 bits per heavy atom. The Hall–Kier alpha value is -1.88. The van der Waals surface area contributed by atoms with Crippen molar-refractivity contribution in [2.24, 2.45) is 0 Å². The van der Waals surface area contributed by atoms with E-state index < -0.39 is 0 Å². The van der Waals surface area contributed by atoms with Gasteiger partial charge in [0.25, 0.3) is 0 Å². The van der Waals surface area contributed by atoms with Crippen molar-refractivity contribution in [3.63, 3.8) is 0 Å². The van der Waals surface area contributed by atoms with Crippen molar-refractivity contribution in [1.82, 2.24) is 4.98 Å². The second kappa shape index (κ2) is 7.05. The summed E-state index contributed by atoms with van der Waals surface area (Å²) >= 11 is 1.48. The Kier molecular flexibility index (Phi) is 5.12. The van der Waals surface area contributed by atoms with Crippen LogP contribution in [0.2, 0.25) is 0 Å². The summed E-state index contributed by atoms with van der Waals surface area (Å²) in [5, 5.41) is 2.77. The number of halogens is 1. The number of aryl methyl sites for hydroxylation is 1. The normalized spacial score (nSPS) is 10.3. The quantitative estimate of drug-likeness (QED) is 0.917. The van der Waals surface area contributed by atoms with Gasteiger partial charge >= 0.3 is 0 Å². The number of nitrogens with zero attached hydrogens (tertiary/aromatic N) is 1. The molecular weight excluding hydrogens is 275 g/mol. The molecule has 104 valence electrons. The van der Waals surface area contributed by atoms with Gasteiger partial charge in [-0.3, -0.25) is 4.79 Å². The zero-order valence-corrected chi connectivity index (χ0v) is 11.9. The van der Waals surface area contributed by atoms with Crippen LogP contribution in [-0.2, 0) is 10.5 Å². The molecule has 0 bridgehead atoms. The highest BCUT2D eigenvalue weighted by atomic mass is 32.2. The van der Waals surface area contributed by atoms with Gasteiger partial charge in [0.1, 0.15) is 11.6 Å². The zero-order valence-electron chi connectivity index (χ0n) is 11.1. The smallest absolute Gasteiger partial charge is 0.235 e. The van der Waals surface area contributed by atoms with Gasteiger partial charge in [-0.05, 0) is 36.2 Å². The molecule has 0 spiro atoms. The van der Waals surface area contributed by atoms with Crippen molar-refractivity contribution < 1.29 is 9.18 Å². The second-order valence-electron chi connectivity index (χ2n) is 4.34. The number of rotatable bonds is 5. The monoisotopic (exact) mass is 290 g/mol. The van der Waals surface area contributed by atoms with Crippen LogP contribution < -0.4 is 5.32 Å². The number of anilines is 1. The van der Waals surface area contributed by atoms with Crippen LogP contribution in [0.15, 0.2) is 42.6 Å². The molecular formula is C15H15FN2OS. The molecule has 0 fully saturated rings. The third kappa shape index (κ3) is 4.35. The molecule has 1 heterocycles. The minimum absolute atomic E-state index is 0.0843. The van der Waals surface area contributed by atoms with Gasteiger partial charge in [-0.15, -0.1) is 11.8 Å². The number of hydrogen-bond acceptors (Lipinski definition) is 3. The number of pyridine rings is 1. The van der Waals surface area contributed by atoms with Crippen LogP contribution in [0, 0.1) is 12.7 Å². The highest BCUT2D eigenvalue weighted by Gasteiger charge is 2.05. The molecule has 20 heavy (non-hydrogen) atoms. The SMILES string of the molecule is Cc1cccnc1NC(=O)CSCc1ccc(F)cc1. The van der Waals surface area contributed by atoms with Gasteiger partial charge < -0.3 is 5.32 Å². The summed E-state index contributed by atoms with van der Waals surface area (Å²) in [4.78, 5) is 15.9. The Labute approximate surface area is 121 Å². The highest BCUT2D eigenvalue weighted by Crippen LogP contribution is 2.14. The van der Waals surface area contributed by atoms with E-state index in [1.807, 2.05) is 19.1 Å². The summed E-state index contributed by atoms with van der Waals surface area (Å²) in [6, 6.07) is 10.0. The minimum Gasteiger partial charge on any atom is -0.310 e. The van der Waals surface area contributed by atoms with Crippen LogP contribution in [0.25, 0.3) is 0 Å². The van der Waals surface area contributed by atoms with Crippen LogP contribution in [0.1, 0.15) is 11.1 Å². The number of thioether (sulfide) groups is 1. The maximum absolute atomic E-state index is 12.7. The van der Waals surface area contributed by atoms with Gasteiger partial charge in [0.2, 0.25) is 5.91 Å². The Bertz CT molecular complexity index is 587. The minimum atomic E-state index is -0.248. The first-order valence-electron chi connectivity index (χ1n) is 6.19. The number of hydrogen-bond donors (Lipinski definition) is 1. The third-order valence-electron chi connectivity index (χ3n) is 2.68. The molecule has 1 amide bonds. The standard InChI is InChI=1S/C15H15FN2OS/c1-11-3-2-8-17-15(11)18-14(19)10-20-9-12-4-6-13(16)7-5-12/h2-8H,9-10H2,1H3,(H,17,18,19). The van der Waals surface area contributed by atoms with Crippen molar-refractivity contribution in [1.29, 1.82) is 0 Å². The molecule has 0 saturated heterocycles.